The molecule has 0 spiro atoms. The first-order valence-electron chi connectivity index (χ1n) is 6.89. The quantitative estimate of drug-likeness (QED) is 0.803. The molecule has 1 aromatic heterocycles. The van der Waals surface area contributed by atoms with Gasteiger partial charge in [0, 0.05) is 6.54 Å². The first kappa shape index (κ1) is 18.1. The largest absolute Gasteiger partial charge is 0.477 e. The third kappa shape index (κ3) is 4.52. The lowest BCUT2D eigenvalue weighted by Crippen LogP contribution is -2.33. The monoisotopic (exact) mass is 333 g/mol. The van der Waals surface area contributed by atoms with Crippen LogP contribution in [0.4, 0.5) is 0 Å². The average molecular weight is 333 g/mol. The lowest BCUT2D eigenvalue weighted by molar-refractivity contribution is 0.0701. The van der Waals surface area contributed by atoms with E-state index in [-0.39, 0.29) is 15.0 Å². The van der Waals surface area contributed by atoms with Crippen molar-refractivity contribution in [2.24, 2.45) is 17.8 Å². The van der Waals surface area contributed by atoms with E-state index in [2.05, 4.69) is 32.4 Å². The normalized spacial score (nSPS) is 12.6. The molecule has 21 heavy (non-hydrogen) atoms. The van der Waals surface area contributed by atoms with Crippen LogP contribution in [-0.2, 0) is 10.0 Å². The molecule has 2 N–H and O–H groups in total. The molecule has 5 nitrogen and oxygen atoms in total. The van der Waals surface area contributed by atoms with Gasteiger partial charge in [0.25, 0.3) is 0 Å². The third-order valence-electron chi connectivity index (χ3n) is 3.58. The highest BCUT2D eigenvalue weighted by Crippen LogP contribution is 2.26. The van der Waals surface area contributed by atoms with Gasteiger partial charge in [0.1, 0.15) is 9.09 Å². The Labute approximate surface area is 130 Å². The SMILES string of the molecule is Cc1cc(S(=O)(=O)NCC(C(C)C)C(C)C)sc1C(=O)O. The zero-order valence-electron chi connectivity index (χ0n) is 13.0. The molecule has 0 saturated heterocycles. The van der Waals surface area contributed by atoms with Gasteiger partial charge >= 0.3 is 5.97 Å². The van der Waals surface area contributed by atoms with Crippen molar-refractivity contribution in [1.82, 2.24) is 4.72 Å². The van der Waals surface area contributed by atoms with Gasteiger partial charge in [-0.15, -0.1) is 11.3 Å². The van der Waals surface area contributed by atoms with Crippen LogP contribution in [0.15, 0.2) is 10.3 Å². The minimum Gasteiger partial charge on any atom is -0.477 e. The molecule has 7 heteroatoms. The van der Waals surface area contributed by atoms with E-state index in [9.17, 15) is 13.2 Å². The number of hydrogen-bond acceptors (Lipinski definition) is 4. The summed E-state index contributed by atoms with van der Waals surface area (Å²) >= 11 is 0.793. The molecule has 0 aliphatic rings. The first-order chi connectivity index (χ1) is 9.56. The molecule has 0 fully saturated rings. The predicted molar refractivity (Wildman–Crippen MR) is 84.4 cm³/mol. The van der Waals surface area contributed by atoms with Gasteiger partial charge in [0.2, 0.25) is 10.0 Å². The van der Waals surface area contributed by atoms with Crippen molar-refractivity contribution in [3.8, 4) is 0 Å². The fourth-order valence-corrected chi connectivity index (χ4v) is 4.81. The van der Waals surface area contributed by atoms with Crippen molar-refractivity contribution >= 4 is 27.3 Å². The topological polar surface area (TPSA) is 83.5 Å². The van der Waals surface area contributed by atoms with E-state index in [1.807, 2.05) is 0 Å². The van der Waals surface area contributed by atoms with Gasteiger partial charge in [-0.2, -0.15) is 0 Å². The van der Waals surface area contributed by atoms with Crippen molar-refractivity contribution in [2.75, 3.05) is 6.54 Å². The standard InChI is InChI=1S/C14H23NO4S2/c1-8(2)11(9(3)4)7-15-21(18,19)12-6-10(5)13(20-12)14(16)17/h6,8-9,11,15H,7H2,1-5H3,(H,16,17). The van der Waals surface area contributed by atoms with E-state index >= 15 is 0 Å². The van der Waals surface area contributed by atoms with Gasteiger partial charge in [0.05, 0.1) is 0 Å². The number of aromatic carboxylic acids is 1. The Morgan fingerprint density at radius 3 is 2.19 bits per heavy atom. The highest BCUT2D eigenvalue weighted by Gasteiger charge is 2.24. The summed E-state index contributed by atoms with van der Waals surface area (Å²) in [6.45, 7) is 10.2. The Bertz CT molecular complexity index is 594. The van der Waals surface area contributed by atoms with Crippen LogP contribution in [-0.4, -0.2) is 26.0 Å². The second kappa shape index (κ2) is 6.89. The Hall–Kier alpha value is -0.920. The van der Waals surface area contributed by atoms with Gasteiger partial charge in [-0.3, -0.25) is 0 Å². The van der Waals surface area contributed by atoms with Crippen LogP contribution < -0.4 is 4.72 Å². The van der Waals surface area contributed by atoms with Gasteiger partial charge in [0.15, 0.2) is 0 Å². The number of carboxylic acids is 1. The number of sulfonamides is 1. The summed E-state index contributed by atoms with van der Waals surface area (Å²) in [5.41, 5.74) is 0.470. The summed E-state index contributed by atoms with van der Waals surface area (Å²) in [4.78, 5) is 11.1. The summed E-state index contributed by atoms with van der Waals surface area (Å²) in [7, 11) is -3.65. The van der Waals surface area contributed by atoms with Gasteiger partial charge < -0.3 is 5.11 Å². The molecule has 1 rings (SSSR count). The molecule has 0 saturated carbocycles. The molecule has 0 aliphatic heterocycles. The highest BCUT2D eigenvalue weighted by atomic mass is 32.2. The van der Waals surface area contributed by atoms with Crippen LogP contribution in [0.1, 0.15) is 42.9 Å². The van der Waals surface area contributed by atoms with Gasteiger partial charge in [-0.1, -0.05) is 27.7 Å². The summed E-state index contributed by atoms with van der Waals surface area (Å²) < 4.78 is 27.2. The zero-order chi connectivity index (χ0) is 16.4. The van der Waals surface area contributed by atoms with Crippen LogP contribution in [0.25, 0.3) is 0 Å². The average Bonchev–Trinajstić information content (AvgIpc) is 2.71. The van der Waals surface area contributed by atoms with Gasteiger partial charge in [-0.05, 0) is 36.3 Å². The van der Waals surface area contributed by atoms with E-state index in [4.69, 9.17) is 5.11 Å². The molecule has 0 aliphatic carbocycles. The molecule has 0 unspecified atom stereocenters. The van der Waals surface area contributed by atoms with Crippen molar-refractivity contribution in [2.45, 2.75) is 38.8 Å². The van der Waals surface area contributed by atoms with E-state index in [0.29, 0.717) is 23.9 Å². The Kier molecular flexibility index (Phi) is 5.95. The molecule has 120 valence electrons. The lowest BCUT2D eigenvalue weighted by Gasteiger charge is -2.24. The minimum absolute atomic E-state index is 0.0589. The van der Waals surface area contributed by atoms with E-state index < -0.39 is 16.0 Å². The second-order valence-corrected chi connectivity index (χ2v) is 8.93. The first-order valence-corrected chi connectivity index (χ1v) is 9.19. The zero-order valence-corrected chi connectivity index (χ0v) is 14.6. The van der Waals surface area contributed by atoms with E-state index in [0.717, 1.165) is 11.3 Å². The number of carbonyl (C=O) groups is 1. The number of nitrogens with one attached hydrogen (secondary N) is 1. The molecule has 0 aromatic carbocycles. The Morgan fingerprint density at radius 1 is 1.29 bits per heavy atom. The van der Waals surface area contributed by atoms with Crippen LogP contribution in [0.3, 0.4) is 0 Å². The molecule has 0 atom stereocenters. The molecular formula is C14H23NO4S2. The lowest BCUT2D eigenvalue weighted by atomic mass is 9.86. The van der Waals surface area contributed by atoms with Crippen LogP contribution in [0.2, 0.25) is 0 Å². The van der Waals surface area contributed by atoms with E-state index in [1.165, 1.54) is 6.07 Å². The maximum absolute atomic E-state index is 12.3. The van der Waals surface area contributed by atoms with Crippen LogP contribution in [0, 0.1) is 24.7 Å². The fourth-order valence-electron chi connectivity index (χ4n) is 2.32. The van der Waals surface area contributed by atoms with Crippen molar-refractivity contribution in [3.63, 3.8) is 0 Å². The molecular weight excluding hydrogens is 310 g/mol. The predicted octanol–water partition coefficient (Wildman–Crippen LogP) is 2.96. The van der Waals surface area contributed by atoms with E-state index in [1.54, 1.807) is 6.92 Å². The minimum atomic E-state index is -3.65. The molecule has 1 aromatic rings. The third-order valence-corrected chi connectivity index (χ3v) is 6.70. The Morgan fingerprint density at radius 2 is 1.81 bits per heavy atom. The molecule has 0 amide bonds. The number of aryl methyl sites for hydroxylation is 1. The summed E-state index contributed by atoms with van der Waals surface area (Å²) in [6, 6.07) is 1.41. The maximum atomic E-state index is 12.3. The maximum Gasteiger partial charge on any atom is 0.346 e. The summed E-state index contributed by atoms with van der Waals surface area (Å²) in [6.07, 6.45) is 0. The summed E-state index contributed by atoms with van der Waals surface area (Å²) in [5.74, 6) is -0.124. The highest BCUT2D eigenvalue weighted by molar-refractivity contribution is 7.91. The number of rotatable bonds is 7. The fraction of sp³-hybridized carbons (Fsp3) is 0.643. The van der Waals surface area contributed by atoms with Gasteiger partial charge in [-0.25, -0.2) is 17.9 Å². The number of hydrogen-bond donors (Lipinski definition) is 2. The number of carboxylic acid groups (broad SMARTS) is 1. The number of thiophene rings is 1. The molecule has 1 heterocycles. The van der Waals surface area contributed by atoms with Crippen LogP contribution >= 0.6 is 11.3 Å². The molecule has 0 bridgehead atoms. The van der Waals surface area contributed by atoms with Crippen molar-refractivity contribution in [1.29, 1.82) is 0 Å². The smallest absolute Gasteiger partial charge is 0.346 e. The summed E-state index contributed by atoms with van der Waals surface area (Å²) in [5, 5.41) is 9.00. The van der Waals surface area contributed by atoms with Crippen molar-refractivity contribution in [3.05, 3.63) is 16.5 Å². The second-order valence-electron chi connectivity index (χ2n) is 5.89. The Balaban J connectivity index is 2.92. The molecule has 0 radical (unpaired) electrons. The van der Waals surface area contributed by atoms with Crippen LogP contribution in [0.5, 0.6) is 0 Å². The van der Waals surface area contributed by atoms with Crippen molar-refractivity contribution < 1.29 is 18.3 Å².